The number of methoxy groups -OCH3 is 1. The third-order valence-corrected chi connectivity index (χ3v) is 8.78. The number of fused-ring (bicyclic) bond motifs is 3. The number of carbonyl (C=O) groups excluding carboxylic acids is 2. The number of primary amides is 1. The van der Waals surface area contributed by atoms with Gasteiger partial charge in [0.2, 0.25) is 5.91 Å². The van der Waals surface area contributed by atoms with Crippen LogP contribution in [0.2, 0.25) is 0 Å². The van der Waals surface area contributed by atoms with Gasteiger partial charge in [-0.1, -0.05) is 0 Å². The number of amides is 2. The van der Waals surface area contributed by atoms with Gasteiger partial charge in [-0.25, -0.2) is 9.67 Å². The Balaban J connectivity index is 1.27. The van der Waals surface area contributed by atoms with Crippen LogP contribution in [-0.2, 0) is 15.8 Å². The zero-order valence-electron chi connectivity index (χ0n) is 24.9. The number of nitrogens with zero attached hydrogens (tertiary/aromatic N) is 3. The Morgan fingerprint density at radius 2 is 1.94 bits per heavy atom. The van der Waals surface area contributed by atoms with Gasteiger partial charge in [-0.15, -0.1) is 8.78 Å². The maximum absolute atomic E-state index is 13.8. The number of halogens is 4. The summed E-state index contributed by atoms with van der Waals surface area (Å²) in [6.07, 6.45) is -1.59. The Kier molecular flexibility index (Phi) is 6.79. The first kappa shape index (κ1) is 30.5. The zero-order valence-corrected chi connectivity index (χ0v) is 24.9. The summed E-state index contributed by atoms with van der Waals surface area (Å²) < 4.78 is 74.8. The van der Waals surface area contributed by atoms with Crippen molar-refractivity contribution in [3.8, 4) is 34.3 Å². The van der Waals surface area contributed by atoms with Gasteiger partial charge in [0.05, 0.1) is 19.3 Å². The highest BCUT2D eigenvalue weighted by Crippen LogP contribution is 2.51. The second kappa shape index (κ2) is 10.4. The summed E-state index contributed by atoms with van der Waals surface area (Å²) in [6.45, 7) is -1.79. The molecule has 0 spiro atoms. The Labute approximate surface area is 263 Å². The fraction of sp³-hybridized carbons (Fsp3) is 0.355. The topological polar surface area (TPSA) is 160 Å². The predicted octanol–water partition coefficient (Wildman–Crippen LogP) is 3.99. The highest BCUT2D eigenvalue weighted by Gasteiger charge is 2.50. The van der Waals surface area contributed by atoms with E-state index in [2.05, 4.69) is 19.9 Å². The van der Waals surface area contributed by atoms with Crippen molar-refractivity contribution in [3.05, 3.63) is 59.4 Å². The molecule has 3 aliphatic rings. The average molecular weight is 658 g/mol. The largest absolute Gasteiger partial charge is 0.586 e. The van der Waals surface area contributed by atoms with Crippen LogP contribution >= 0.6 is 0 Å². The lowest BCUT2D eigenvalue weighted by molar-refractivity contribution is -0.286. The van der Waals surface area contributed by atoms with Crippen molar-refractivity contribution in [2.24, 2.45) is 11.7 Å². The fourth-order valence-corrected chi connectivity index (χ4v) is 5.93. The molecule has 0 saturated heterocycles. The van der Waals surface area contributed by atoms with Gasteiger partial charge in [-0.3, -0.25) is 9.59 Å². The highest BCUT2D eigenvalue weighted by molar-refractivity contribution is 6.00. The second-order valence-corrected chi connectivity index (χ2v) is 11.9. The second-order valence-electron chi connectivity index (χ2n) is 11.9. The van der Waals surface area contributed by atoms with Crippen LogP contribution < -0.4 is 30.0 Å². The number of hydrogen-bond acceptors (Lipinski definition) is 9. The van der Waals surface area contributed by atoms with Crippen LogP contribution in [0.25, 0.3) is 22.2 Å². The molecule has 2 atom stereocenters. The van der Waals surface area contributed by atoms with E-state index in [-0.39, 0.29) is 75.5 Å². The first-order chi connectivity index (χ1) is 22.2. The third-order valence-electron chi connectivity index (χ3n) is 8.78. The standard InChI is InChI=1S/C31H27F4N5O7/c1-29(27(36)42)13-45-25-18(29)10-22(38-24(25)14-3-6-19-20(8-14)47-31(34,35)46-19)30(43,17-4-5-17)12-37-26(41)15-7-16-11-40(28(32)33)39-23(16)21(9-15)44-2/h3,6-11,17,28,43H,4-5,12-13H2,1-2H3,(H2,36,42)(H,37,41)/t29-,30+/m0/s1. The molecule has 1 saturated carbocycles. The van der Waals surface area contributed by atoms with Gasteiger partial charge in [-0.2, -0.15) is 13.9 Å². The zero-order chi connectivity index (χ0) is 33.5. The number of nitrogens with one attached hydrogen (secondary N) is 1. The Morgan fingerprint density at radius 3 is 2.62 bits per heavy atom. The van der Waals surface area contributed by atoms with E-state index < -0.39 is 35.7 Å². The molecule has 2 amide bonds. The van der Waals surface area contributed by atoms with Crippen LogP contribution in [0.1, 0.15) is 47.9 Å². The van der Waals surface area contributed by atoms with Crippen LogP contribution in [0.15, 0.2) is 42.6 Å². The molecule has 4 N–H and O–H groups in total. The van der Waals surface area contributed by atoms with Crippen molar-refractivity contribution in [2.75, 3.05) is 20.3 Å². The van der Waals surface area contributed by atoms with Gasteiger partial charge in [-0.05, 0) is 62.1 Å². The van der Waals surface area contributed by atoms with Crippen LogP contribution in [0.5, 0.6) is 23.0 Å². The molecule has 4 heterocycles. The lowest BCUT2D eigenvalue weighted by Crippen LogP contribution is -2.44. The van der Waals surface area contributed by atoms with E-state index in [4.69, 9.17) is 20.2 Å². The van der Waals surface area contributed by atoms with Crippen molar-refractivity contribution < 1.29 is 51.2 Å². The summed E-state index contributed by atoms with van der Waals surface area (Å²) in [5, 5.41) is 19.0. The van der Waals surface area contributed by atoms with E-state index in [1.807, 2.05) is 0 Å². The van der Waals surface area contributed by atoms with Gasteiger partial charge in [0.25, 0.3) is 5.91 Å². The number of alkyl halides is 4. The molecule has 2 aromatic carbocycles. The molecule has 47 heavy (non-hydrogen) atoms. The first-order valence-electron chi connectivity index (χ1n) is 14.5. The number of carbonyl (C=O) groups is 2. The van der Waals surface area contributed by atoms with Gasteiger partial charge < -0.3 is 35.1 Å². The minimum Gasteiger partial charge on any atom is -0.494 e. The van der Waals surface area contributed by atoms with Crippen molar-refractivity contribution >= 4 is 22.7 Å². The SMILES string of the molecule is COc1cc(C(=O)NC[C@](O)(c2cc3c(c(-c4ccc5c(c4)OC(F)(F)O5)n2)OC[C@]3(C)C(N)=O)C2CC2)cc2cn(C(F)F)nc12. The third kappa shape index (κ3) is 5.03. The minimum atomic E-state index is -3.86. The van der Waals surface area contributed by atoms with E-state index in [1.54, 1.807) is 6.92 Å². The summed E-state index contributed by atoms with van der Waals surface area (Å²) in [6, 6.07) is 8.25. The van der Waals surface area contributed by atoms with Gasteiger partial charge in [0, 0.05) is 28.3 Å². The van der Waals surface area contributed by atoms with Crippen LogP contribution in [0.4, 0.5) is 17.6 Å². The average Bonchev–Trinajstić information content (AvgIpc) is 3.59. The van der Waals surface area contributed by atoms with E-state index in [0.717, 1.165) is 6.20 Å². The summed E-state index contributed by atoms with van der Waals surface area (Å²) in [4.78, 5) is 30.8. The number of rotatable bonds is 9. The molecule has 0 bridgehead atoms. The van der Waals surface area contributed by atoms with Crippen LogP contribution in [-0.4, -0.2) is 58.2 Å². The van der Waals surface area contributed by atoms with Gasteiger partial charge in [0.15, 0.2) is 11.5 Å². The Morgan fingerprint density at radius 1 is 1.19 bits per heavy atom. The molecule has 16 heteroatoms. The van der Waals surface area contributed by atoms with E-state index >= 15 is 0 Å². The summed E-state index contributed by atoms with van der Waals surface area (Å²) >= 11 is 0. The molecule has 1 fully saturated rings. The monoisotopic (exact) mass is 657 g/mol. The van der Waals surface area contributed by atoms with Crippen molar-refractivity contribution in [1.82, 2.24) is 20.1 Å². The maximum atomic E-state index is 13.8. The number of hydrogen-bond donors (Lipinski definition) is 3. The van der Waals surface area contributed by atoms with E-state index in [0.29, 0.717) is 23.1 Å². The van der Waals surface area contributed by atoms with E-state index in [1.165, 1.54) is 43.5 Å². The fourth-order valence-electron chi connectivity index (χ4n) is 5.93. The predicted molar refractivity (Wildman–Crippen MR) is 154 cm³/mol. The molecule has 2 aliphatic heterocycles. The van der Waals surface area contributed by atoms with Crippen molar-refractivity contribution in [3.63, 3.8) is 0 Å². The Hall–Kier alpha value is -5.12. The Bertz CT molecular complexity index is 1970. The number of benzene rings is 2. The van der Waals surface area contributed by atoms with Gasteiger partial charge in [0.1, 0.15) is 40.3 Å². The molecule has 4 aromatic rings. The number of aliphatic hydroxyl groups is 1. The molecule has 246 valence electrons. The van der Waals surface area contributed by atoms with Gasteiger partial charge >= 0.3 is 12.8 Å². The van der Waals surface area contributed by atoms with Crippen LogP contribution in [0.3, 0.4) is 0 Å². The normalized spacial score (nSPS) is 20.5. The number of nitrogens with two attached hydrogens (primary N) is 1. The van der Waals surface area contributed by atoms with Crippen molar-refractivity contribution in [2.45, 2.75) is 43.6 Å². The highest BCUT2D eigenvalue weighted by atomic mass is 19.3. The molecule has 7 rings (SSSR count). The molecular formula is C31H27F4N5O7. The maximum Gasteiger partial charge on any atom is 0.586 e. The summed E-state index contributed by atoms with van der Waals surface area (Å²) in [7, 11) is 1.32. The molecule has 12 nitrogen and oxygen atoms in total. The number of ether oxygens (including phenoxy) is 4. The molecule has 0 radical (unpaired) electrons. The van der Waals surface area contributed by atoms with E-state index in [9.17, 15) is 32.3 Å². The quantitative estimate of drug-likeness (QED) is 0.226. The molecular weight excluding hydrogens is 630 g/mol. The minimum absolute atomic E-state index is 0.0655. The lowest BCUT2D eigenvalue weighted by atomic mass is 9.81. The first-order valence-corrected chi connectivity index (χ1v) is 14.5. The molecule has 1 aliphatic carbocycles. The summed E-state index contributed by atoms with van der Waals surface area (Å²) in [5.41, 5.74) is 3.69. The number of aromatic nitrogens is 3. The molecule has 2 aromatic heterocycles. The molecule has 0 unspecified atom stereocenters. The smallest absolute Gasteiger partial charge is 0.494 e. The van der Waals surface area contributed by atoms with Crippen LogP contribution in [0, 0.1) is 5.92 Å². The summed E-state index contributed by atoms with van der Waals surface area (Å²) in [5.74, 6) is -1.86. The number of pyridine rings is 1. The lowest BCUT2D eigenvalue weighted by Gasteiger charge is -2.30. The van der Waals surface area contributed by atoms with Crippen molar-refractivity contribution in [1.29, 1.82) is 0 Å².